The minimum atomic E-state index is -1.22. The monoisotopic (exact) mass is 257 g/mol. The van der Waals surface area contributed by atoms with E-state index < -0.39 is 16.6 Å². The average Bonchev–Trinajstić information content (AvgIpc) is 2.34. The van der Waals surface area contributed by atoms with E-state index >= 15 is 0 Å². The van der Waals surface area contributed by atoms with E-state index in [0.29, 0.717) is 10.6 Å². The molecule has 1 aliphatic rings. The van der Waals surface area contributed by atoms with Crippen molar-refractivity contribution in [2.45, 2.75) is 30.3 Å². The maximum atomic E-state index is 13.2. The van der Waals surface area contributed by atoms with Crippen LogP contribution in [0.4, 0.5) is 10.1 Å². The highest BCUT2D eigenvalue weighted by molar-refractivity contribution is 7.85. The Hall–Kier alpha value is -0.940. The Balaban J connectivity index is 2.01. The van der Waals surface area contributed by atoms with Crippen molar-refractivity contribution in [1.82, 2.24) is 0 Å². The second-order valence-electron chi connectivity index (χ2n) is 4.18. The molecular formula is C12H16FNO2S. The summed E-state index contributed by atoms with van der Waals surface area (Å²) in [7, 11) is -1.22. The Morgan fingerprint density at radius 2 is 2.29 bits per heavy atom. The molecule has 1 aliphatic heterocycles. The van der Waals surface area contributed by atoms with Crippen molar-refractivity contribution in [2.24, 2.45) is 0 Å². The molecule has 3 nitrogen and oxygen atoms in total. The summed E-state index contributed by atoms with van der Waals surface area (Å²) in [6.07, 6.45) is 3.14. The van der Waals surface area contributed by atoms with E-state index in [0.717, 1.165) is 25.9 Å². The summed E-state index contributed by atoms with van der Waals surface area (Å²) in [4.78, 5) is 0.478. The standard InChI is InChI=1S/C12H16FNO2S/c13-11-7-10(4-5-12(11)14)17(15)8-9-3-1-2-6-16-9/h4-5,7,9H,1-3,6,8,14H2. The van der Waals surface area contributed by atoms with Crippen LogP contribution in [0.5, 0.6) is 0 Å². The van der Waals surface area contributed by atoms with Crippen LogP contribution in [-0.4, -0.2) is 22.7 Å². The molecule has 0 radical (unpaired) electrons. The molecule has 5 heteroatoms. The number of hydrogen-bond donors (Lipinski definition) is 1. The van der Waals surface area contributed by atoms with Gasteiger partial charge in [-0.15, -0.1) is 0 Å². The van der Waals surface area contributed by atoms with Crippen LogP contribution in [0, 0.1) is 5.82 Å². The number of hydrogen-bond acceptors (Lipinski definition) is 3. The summed E-state index contributed by atoms with van der Waals surface area (Å²) >= 11 is 0. The summed E-state index contributed by atoms with van der Waals surface area (Å²) < 4.78 is 30.7. The molecule has 0 bridgehead atoms. The van der Waals surface area contributed by atoms with Crippen LogP contribution in [0.15, 0.2) is 23.1 Å². The molecule has 1 fully saturated rings. The van der Waals surface area contributed by atoms with Crippen molar-refractivity contribution in [2.75, 3.05) is 18.1 Å². The first-order chi connectivity index (χ1) is 8.16. The molecule has 1 heterocycles. The second kappa shape index (κ2) is 5.60. The first kappa shape index (κ1) is 12.5. The Morgan fingerprint density at radius 3 is 2.94 bits per heavy atom. The SMILES string of the molecule is Nc1ccc(S(=O)CC2CCCCO2)cc1F. The molecule has 0 saturated carbocycles. The molecule has 2 N–H and O–H groups in total. The van der Waals surface area contributed by atoms with Gasteiger partial charge in [-0.05, 0) is 37.5 Å². The fraction of sp³-hybridized carbons (Fsp3) is 0.500. The predicted octanol–water partition coefficient (Wildman–Crippen LogP) is 2.08. The van der Waals surface area contributed by atoms with Gasteiger partial charge in [0.2, 0.25) is 0 Å². The maximum Gasteiger partial charge on any atom is 0.147 e. The molecule has 2 unspecified atom stereocenters. The molecule has 1 aromatic rings. The highest BCUT2D eigenvalue weighted by Crippen LogP contribution is 2.19. The van der Waals surface area contributed by atoms with Gasteiger partial charge in [0.15, 0.2) is 0 Å². The highest BCUT2D eigenvalue weighted by atomic mass is 32.2. The smallest absolute Gasteiger partial charge is 0.147 e. The number of rotatable bonds is 3. The first-order valence-corrected chi connectivity index (χ1v) is 7.03. The van der Waals surface area contributed by atoms with Gasteiger partial charge < -0.3 is 10.5 Å². The van der Waals surface area contributed by atoms with Gasteiger partial charge in [0.25, 0.3) is 0 Å². The Morgan fingerprint density at radius 1 is 1.47 bits per heavy atom. The van der Waals surface area contributed by atoms with E-state index in [1.807, 2.05) is 0 Å². The lowest BCUT2D eigenvalue weighted by Gasteiger charge is -2.22. The summed E-state index contributed by atoms with van der Waals surface area (Å²) in [6.45, 7) is 0.734. The minimum absolute atomic E-state index is 0.0326. The molecular weight excluding hydrogens is 241 g/mol. The molecule has 0 amide bonds. The van der Waals surface area contributed by atoms with Crippen molar-refractivity contribution < 1.29 is 13.3 Å². The van der Waals surface area contributed by atoms with Crippen LogP contribution in [0.3, 0.4) is 0 Å². The predicted molar refractivity (Wildman–Crippen MR) is 65.7 cm³/mol. The van der Waals surface area contributed by atoms with Gasteiger partial charge in [-0.1, -0.05) is 0 Å². The Labute approximate surface area is 103 Å². The lowest BCUT2D eigenvalue weighted by molar-refractivity contribution is 0.0310. The zero-order valence-electron chi connectivity index (χ0n) is 9.52. The first-order valence-electron chi connectivity index (χ1n) is 5.72. The van der Waals surface area contributed by atoms with Gasteiger partial charge in [-0.2, -0.15) is 0 Å². The number of nitrogen functional groups attached to an aromatic ring is 1. The van der Waals surface area contributed by atoms with Crippen LogP contribution < -0.4 is 5.73 Å². The Bertz CT molecular complexity index is 419. The van der Waals surface area contributed by atoms with E-state index in [1.165, 1.54) is 12.1 Å². The normalized spacial score (nSPS) is 22.3. The number of ether oxygens (including phenoxy) is 1. The highest BCUT2D eigenvalue weighted by Gasteiger charge is 2.18. The Kier molecular flexibility index (Phi) is 4.12. The van der Waals surface area contributed by atoms with Crippen LogP contribution in [-0.2, 0) is 15.5 Å². The molecule has 0 spiro atoms. The summed E-state index contributed by atoms with van der Waals surface area (Å²) in [5, 5.41) is 0. The lowest BCUT2D eigenvalue weighted by Crippen LogP contribution is -2.25. The molecule has 1 aromatic carbocycles. The molecule has 0 aromatic heterocycles. The summed E-state index contributed by atoms with van der Waals surface area (Å²) in [6, 6.07) is 4.30. The number of benzene rings is 1. The zero-order valence-corrected chi connectivity index (χ0v) is 10.3. The van der Waals surface area contributed by atoms with Crippen molar-refractivity contribution in [3.8, 4) is 0 Å². The van der Waals surface area contributed by atoms with Crippen molar-refractivity contribution >= 4 is 16.5 Å². The van der Waals surface area contributed by atoms with Crippen molar-refractivity contribution in [3.63, 3.8) is 0 Å². The van der Waals surface area contributed by atoms with E-state index in [1.54, 1.807) is 6.07 Å². The van der Waals surface area contributed by atoms with Gasteiger partial charge in [0.1, 0.15) is 5.82 Å². The summed E-state index contributed by atoms with van der Waals surface area (Å²) in [5.74, 6) is -0.0796. The van der Waals surface area contributed by atoms with E-state index in [4.69, 9.17) is 10.5 Å². The molecule has 94 valence electrons. The fourth-order valence-electron chi connectivity index (χ4n) is 1.85. The molecule has 17 heavy (non-hydrogen) atoms. The minimum Gasteiger partial charge on any atom is -0.396 e. The average molecular weight is 257 g/mol. The maximum absolute atomic E-state index is 13.2. The van der Waals surface area contributed by atoms with Crippen molar-refractivity contribution in [3.05, 3.63) is 24.0 Å². The zero-order chi connectivity index (χ0) is 12.3. The van der Waals surface area contributed by atoms with E-state index in [-0.39, 0.29) is 11.8 Å². The summed E-state index contributed by atoms with van der Waals surface area (Å²) in [5.41, 5.74) is 5.46. The van der Waals surface area contributed by atoms with Gasteiger partial charge in [-0.3, -0.25) is 4.21 Å². The van der Waals surface area contributed by atoms with Crippen LogP contribution in [0.1, 0.15) is 19.3 Å². The molecule has 2 atom stereocenters. The topological polar surface area (TPSA) is 52.3 Å². The third-order valence-corrected chi connectivity index (χ3v) is 4.30. The third-order valence-electron chi connectivity index (χ3n) is 2.85. The van der Waals surface area contributed by atoms with Gasteiger partial charge in [-0.25, -0.2) is 4.39 Å². The second-order valence-corrected chi connectivity index (χ2v) is 5.68. The largest absolute Gasteiger partial charge is 0.396 e. The van der Waals surface area contributed by atoms with Gasteiger partial charge in [0, 0.05) is 11.5 Å². The molecule has 0 aliphatic carbocycles. The van der Waals surface area contributed by atoms with E-state index in [2.05, 4.69) is 0 Å². The van der Waals surface area contributed by atoms with E-state index in [9.17, 15) is 8.60 Å². The van der Waals surface area contributed by atoms with Crippen molar-refractivity contribution in [1.29, 1.82) is 0 Å². The molecule has 2 rings (SSSR count). The van der Waals surface area contributed by atoms with Gasteiger partial charge >= 0.3 is 0 Å². The number of nitrogens with two attached hydrogens (primary N) is 1. The van der Waals surface area contributed by atoms with Crippen LogP contribution >= 0.6 is 0 Å². The molecule has 1 saturated heterocycles. The van der Waals surface area contributed by atoms with Crippen LogP contribution in [0.25, 0.3) is 0 Å². The lowest BCUT2D eigenvalue weighted by atomic mass is 10.1. The van der Waals surface area contributed by atoms with Gasteiger partial charge in [0.05, 0.1) is 28.3 Å². The third kappa shape index (κ3) is 3.26. The fourth-order valence-corrected chi connectivity index (χ4v) is 3.10. The number of anilines is 1. The quantitative estimate of drug-likeness (QED) is 0.843. The van der Waals surface area contributed by atoms with Crippen LogP contribution in [0.2, 0.25) is 0 Å². The number of halogens is 1.